The maximum absolute atomic E-state index is 12.8. The number of amides is 2. The van der Waals surface area contributed by atoms with E-state index in [1.54, 1.807) is 32.9 Å². The van der Waals surface area contributed by atoms with Gasteiger partial charge in [-0.25, -0.2) is 4.79 Å². The summed E-state index contributed by atoms with van der Waals surface area (Å²) in [6.45, 7) is 5.02. The van der Waals surface area contributed by atoms with E-state index in [0.29, 0.717) is 11.3 Å². The lowest BCUT2D eigenvalue weighted by molar-refractivity contribution is -0.137. The van der Waals surface area contributed by atoms with Crippen molar-refractivity contribution in [1.29, 1.82) is 0 Å². The summed E-state index contributed by atoms with van der Waals surface area (Å²) in [6, 6.07) is 13.5. The second kappa shape index (κ2) is 9.56. The van der Waals surface area contributed by atoms with E-state index in [2.05, 4.69) is 21.2 Å². The molecular formula is C21H23BrN2O5. The van der Waals surface area contributed by atoms with Gasteiger partial charge in [-0.15, -0.1) is 0 Å². The van der Waals surface area contributed by atoms with Crippen LogP contribution in [0.4, 0.5) is 10.5 Å². The van der Waals surface area contributed by atoms with E-state index in [1.807, 2.05) is 24.3 Å². The number of hydrogen-bond donors (Lipinski definition) is 2. The number of benzene rings is 2. The van der Waals surface area contributed by atoms with E-state index in [1.165, 1.54) is 17.0 Å². The fraction of sp³-hybridized carbons (Fsp3) is 0.286. The Morgan fingerprint density at radius 2 is 1.62 bits per heavy atom. The number of carboxylic acid groups (broad SMARTS) is 1. The summed E-state index contributed by atoms with van der Waals surface area (Å²) in [7, 11) is 0. The molecule has 0 spiro atoms. The number of hydrogen-bond acceptors (Lipinski definition) is 4. The van der Waals surface area contributed by atoms with Gasteiger partial charge in [0.1, 0.15) is 12.1 Å². The quantitative estimate of drug-likeness (QED) is 0.657. The molecule has 0 fully saturated rings. The molecule has 8 heteroatoms. The Hall–Kier alpha value is -2.87. The highest BCUT2D eigenvalue weighted by molar-refractivity contribution is 9.10. The summed E-state index contributed by atoms with van der Waals surface area (Å²) in [6.07, 6.45) is -0.598. The average Bonchev–Trinajstić information content (AvgIpc) is 2.61. The van der Waals surface area contributed by atoms with E-state index in [9.17, 15) is 19.5 Å². The number of carbonyl (C=O) groups is 3. The second-order valence-corrected chi connectivity index (χ2v) is 8.30. The van der Waals surface area contributed by atoms with E-state index in [4.69, 9.17) is 4.74 Å². The van der Waals surface area contributed by atoms with Gasteiger partial charge in [0.2, 0.25) is 0 Å². The molecule has 0 atom stereocenters. The van der Waals surface area contributed by atoms with Crippen LogP contribution in [0.5, 0.6) is 0 Å². The largest absolute Gasteiger partial charge is 0.480 e. The second-order valence-electron chi connectivity index (χ2n) is 7.39. The van der Waals surface area contributed by atoms with Crippen molar-refractivity contribution in [1.82, 2.24) is 4.90 Å². The Bertz CT molecular complexity index is 873. The third-order valence-corrected chi connectivity index (χ3v) is 4.21. The number of ether oxygens (including phenoxy) is 1. The standard InChI is InChI=1S/C21H23BrN2O5/c1-21(2,3)29-20(28)23-17-10-6-15(7-11-17)19(27)24(13-18(25)26)12-14-4-8-16(22)9-5-14/h4-11H,12-13H2,1-3H3,(H,23,28)(H,25,26). The molecule has 154 valence electrons. The first-order valence-corrected chi connectivity index (χ1v) is 9.68. The van der Waals surface area contributed by atoms with Gasteiger partial charge in [-0.1, -0.05) is 28.1 Å². The van der Waals surface area contributed by atoms with E-state index >= 15 is 0 Å². The number of nitrogens with zero attached hydrogens (tertiary/aromatic N) is 1. The highest BCUT2D eigenvalue weighted by Crippen LogP contribution is 2.17. The third-order valence-electron chi connectivity index (χ3n) is 3.68. The van der Waals surface area contributed by atoms with Crippen LogP contribution in [0.3, 0.4) is 0 Å². The van der Waals surface area contributed by atoms with Crippen molar-refractivity contribution in [3.05, 3.63) is 64.1 Å². The first kappa shape index (κ1) is 22.4. The minimum Gasteiger partial charge on any atom is -0.480 e. The summed E-state index contributed by atoms with van der Waals surface area (Å²) >= 11 is 3.34. The van der Waals surface area contributed by atoms with E-state index < -0.39 is 30.1 Å². The van der Waals surface area contributed by atoms with Crippen molar-refractivity contribution in [3.63, 3.8) is 0 Å². The van der Waals surface area contributed by atoms with Crippen LogP contribution in [0.25, 0.3) is 0 Å². The predicted molar refractivity (Wildman–Crippen MR) is 113 cm³/mol. The maximum atomic E-state index is 12.8. The van der Waals surface area contributed by atoms with Crippen LogP contribution in [0.2, 0.25) is 0 Å². The van der Waals surface area contributed by atoms with Crippen LogP contribution < -0.4 is 5.32 Å². The molecule has 0 saturated carbocycles. The van der Waals surface area contributed by atoms with Gasteiger partial charge in [-0.3, -0.25) is 14.9 Å². The van der Waals surface area contributed by atoms with Gasteiger partial charge in [0, 0.05) is 22.3 Å². The van der Waals surface area contributed by atoms with Gasteiger partial charge in [-0.05, 0) is 62.7 Å². The van der Waals surface area contributed by atoms with Crippen molar-refractivity contribution >= 4 is 39.6 Å². The Kier molecular flexibility index (Phi) is 7.39. The molecule has 0 aliphatic carbocycles. The molecule has 0 aromatic heterocycles. The topological polar surface area (TPSA) is 95.9 Å². The number of aliphatic carboxylic acids is 1. The van der Waals surface area contributed by atoms with Crippen LogP contribution in [-0.4, -0.2) is 40.1 Å². The SMILES string of the molecule is CC(C)(C)OC(=O)Nc1ccc(C(=O)N(CC(=O)O)Cc2ccc(Br)cc2)cc1. The molecule has 0 radical (unpaired) electrons. The van der Waals surface area contributed by atoms with Gasteiger partial charge >= 0.3 is 12.1 Å². The first-order chi connectivity index (χ1) is 13.5. The number of rotatable bonds is 6. The zero-order chi connectivity index (χ0) is 21.6. The fourth-order valence-electron chi connectivity index (χ4n) is 2.47. The molecule has 2 amide bonds. The lowest BCUT2D eigenvalue weighted by Gasteiger charge is -2.21. The molecule has 7 nitrogen and oxygen atoms in total. The number of carbonyl (C=O) groups excluding carboxylic acids is 2. The lowest BCUT2D eigenvalue weighted by atomic mass is 10.1. The number of anilines is 1. The van der Waals surface area contributed by atoms with E-state index in [0.717, 1.165) is 10.0 Å². The van der Waals surface area contributed by atoms with Crippen LogP contribution in [-0.2, 0) is 16.1 Å². The normalized spacial score (nSPS) is 10.9. The third kappa shape index (κ3) is 7.57. The highest BCUT2D eigenvalue weighted by atomic mass is 79.9. The molecule has 0 saturated heterocycles. The lowest BCUT2D eigenvalue weighted by Crippen LogP contribution is -2.35. The molecule has 0 aliphatic heterocycles. The number of halogens is 1. The molecule has 2 rings (SSSR count). The van der Waals surface area contributed by atoms with Crippen LogP contribution in [0.15, 0.2) is 53.0 Å². The summed E-state index contributed by atoms with van der Waals surface area (Å²) in [5.74, 6) is -1.52. The van der Waals surface area contributed by atoms with Gasteiger partial charge in [0.15, 0.2) is 0 Å². The number of nitrogens with one attached hydrogen (secondary N) is 1. The monoisotopic (exact) mass is 462 g/mol. The zero-order valence-electron chi connectivity index (χ0n) is 16.4. The van der Waals surface area contributed by atoms with Crippen molar-refractivity contribution in [2.45, 2.75) is 32.9 Å². The Balaban J connectivity index is 2.11. The van der Waals surface area contributed by atoms with E-state index in [-0.39, 0.29) is 6.54 Å². The van der Waals surface area contributed by atoms with Crippen LogP contribution in [0, 0.1) is 0 Å². The molecule has 29 heavy (non-hydrogen) atoms. The molecule has 2 aromatic carbocycles. The van der Waals surface area contributed by atoms with Gasteiger partial charge in [-0.2, -0.15) is 0 Å². The predicted octanol–water partition coefficient (Wildman–Crippen LogP) is 4.52. The van der Waals surface area contributed by atoms with Crippen LogP contribution >= 0.6 is 15.9 Å². The summed E-state index contributed by atoms with van der Waals surface area (Å²) in [4.78, 5) is 37.1. The minimum atomic E-state index is -1.10. The summed E-state index contributed by atoms with van der Waals surface area (Å²) < 4.78 is 6.08. The highest BCUT2D eigenvalue weighted by Gasteiger charge is 2.20. The molecule has 0 heterocycles. The smallest absolute Gasteiger partial charge is 0.412 e. The molecule has 2 N–H and O–H groups in total. The van der Waals surface area contributed by atoms with Crippen molar-refractivity contribution in [3.8, 4) is 0 Å². The van der Waals surface area contributed by atoms with Crippen LogP contribution in [0.1, 0.15) is 36.7 Å². The summed E-state index contributed by atoms with van der Waals surface area (Å²) in [5, 5.41) is 11.8. The van der Waals surface area contributed by atoms with Gasteiger partial charge in [0.05, 0.1) is 0 Å². The maximum Gasteiger partial charge on any atom is 0.412 e. The molecule has 0 bridgehead atoms. The Morgan fingerprint density at radius 1 is 1.03 bits per heavy atom. The van der Waals surface area contributed by atoms with Crippen molar-refractivity contribution in [2.24, 2.45) is 0 Å². The zero-order valence-corrected chi connectivity index (χ0v) is 18.0. The molecule has 0 aliphatic rings. The number of carboxylic acids is 1. The summed E-state index contributed by atoms with van der Waals surface area (Å²) in [5.41, 5.74) is 0.974. The molecule has 0 unspecified atom stereocenters. The van der Waals surface area contributed by atoms with Crippen molar-refractivity contribution < 1.29 is 24.2 Å². The molecule has 2 aromatic rings. The van der Waals surface area contributed by atoms with Gasteiger partial charge < -0.3 is 14.7 Å². The fourth-order valence-corrected chi connectivity index (χ4v) is 2.74. The average molecular weight is 463 g/mol. The molecular weight excluding hydrogens is 440 g/mol. The Morgan fingerprint density at radius 3 is 2.14 bits per heavy atom. The first-order valence-electron chi connectivity index (χ1n) is 8.89. The van der Waals surface area contributed by atoms with Crippen molar-refractivity contribution in [2.75, 3.05) is 11.9 Å². The Labute approximate surface area is 177 Å². The minimum absolute atomic E-state index is 0.163. The van der Waals surface area contributed by atoms with Gasteiger partial charge in [0.25, 0.3) is 5.91 Å².